The summed E-state index contributed by atoms with van der Waals surface area (Å²) in [6.45, 7) is 4.56. The van der Waals surface area contributed by atoms with Gasteiger partial charge in [-0.1, -0.05) is 41.4 Å². The average molecular weight is 360 g/mol. The van der Waals surface area contributed by atoms with Crippen LogP contribution in [-0.4, -0.2) is 15.5 Å². The largest absolute Gasteiger partial charge is 0.468 e. The van der Waals surface area contributed by atoms with Gasteiger partial charge in [0.2, 0.25) is 5.88 Å². The van der Waals surface area contributed by atoms with E-state index >= 15 is 0 Å². The first-order chi connectivity index (χ1) is 9.59. The Kier molecular flexibility index (Phi) is 5.05. The van der Waals surface area contributed by atoms with Crippen molar-refractivity contribution in [1.82, 2.24) is 10.2 Å². The number of ether oxygens (including phenoxy) is 1. The normalized spacial score (nSPS) is 14.0. The van der Waals surface area contributed by atoms with Crippen LogP contribution in [0.5, 0.6) is 5.88 Å². The Morgan fingerprint density at radius 1 is 1.45 bits per heavy atom. The number of rotatable bonds is 6. The maximum Gasteiger partial charge on any atom is 0.234 e. The molecule has 108 valence electrons. The quantitative estimate of drug-likeness (QED) is 0.719. The Balaban J connectivity index is 2.20. The maximum atomic E-state index is 6.17. The van der Waals surface area contributed by atoms with Crippen molar-refractivity contribution < 1.29 is 9.15 Å². The first kappa shape index (κ1) is 15.3. The van der Waals surface area contributed by atoms with E-state index in [0.717, 1.165) is 23.1 Å². The lowest BCUT2D eigenvalue weighted by Gasteiger charge is -2.26. The molecule has 0 radical (unpaired) electrons. The van der Waals surface area contributed by atoms with Gasteiger partial charge >= 0.3 is 0 Å². The zero-order chi connectivity index (χ0) is 14.6. The Bertz CT molecular complexity index is 556. The van der Waals surface area contributed by atoms with Gasteiger partial charge in [0.15, 0.2) is 5.15 Å². The second kappa shape index (κ2) is 6.59. The molecule has 0 aliphatic carbocycles. The van der Waals surface area contributed by atoms with Crippen LogP contribution in [0.4, 0.5) is 0 Å². The van der Waals surface area contributed by atoms with E-state index in [1.54, 1.807) is 6.26 Å². The molecule has 0 fully saturated rings. The van der Waals surface area contributed by atoms with E-state index in [-0.39, 0.29) is 5.41 Å². The summed E-state index contributed by atoms with van der Waals surface area (Å²) in [5.41, 5.74) is 0.832. The molecule has 0 aliphatic rings. The zero-order valence-electron chi connectivity index (χ0n) is 11.4. The number of furan rings is 1. The SMILES string of the molecule is CCC(C)(CBr)c1cc(OCc2ccco2)nnc1Cl. The van der Waals surface area contributed by atoms with E-state index < -0.39 is 0 Å². The summed E-state index contributed by atoms with van der Waals surface area (Å²) in [4.78, 5) is 0. The van der Waals surface area contributed by atoms with Crippen molar-refractivity contribution in [2.24, 2.45) is 0 Å². The third-order valence-corrected chi connectivity index (χ3v) is 4.91. The van der Waals surface area contributed by atoms with Crippen molar-refractivity contribution in [3.63, 3.8) is 0 Å². The Labute approximate surface area is 131 Å². The third-order valence-electron chi connectivity index (χ3n) is 3.39. The molecule has 4 nitrogen and oxygen atoms in total. The second-order valence-electron chi connectivity index (χ2n) is 4.80. The van der Waals surface area contributed by atoms with Crippen molar-refractivity contribution >= 4 is 27.5 Å². The van der Waals surface area contributed by atoms with Gasteiger partial charge in [0.05, 0.1) is 6.26 Å². The van der Waals surface area contributed by atoms with Crippen LogP contribution in [0.3, 0.4) is 0 Å². The van der Waals surface area contributed by atoms with Crippen LogP contribution in [0.1, 0.15) is 31.6 Å². The molecule has 0 spiro atoms. The second-order valence-corrected chi connectivity index (χ2v) is 5.72. The molecule has 0 aromatic carbocycles. The van der Waals surface area contributed by atoms with Gasteiger partial charge in [0.25, 0.3) is 0 Å². The van der Waals surface area contributed by atoms with Crippen LogP contribution in [-0.2, 0) is 12.0 Å². The number of aromatic nitrogens is 2. The predicted molar refractivity (Wildman–Crippen MR) is 81.5 cm³/mol. The lowest BCUT2D eigenvalue weighted by molar-refractivity contribution is 0.257. The van der Waals surface area contributed by atoms with Crippen LogP contribution in [0, 0.1) is 0 Å². The molecule has 0 amide bonds. The molecular formula is C14H16BrClN2O2. The maximum absolute atomic E-state index is 6.17. The lowest BCUT2D eigenvalue weighted by Crippen LogP contribution is -2.24. The van der Waals surface area contributed by atoms with E-state index in [1.807, 2.05) is 18.2 Å². The minimum Gasteiger partial charge on any atom is -0.468 e. The predicted octanol–water partition coefficient (Wildman–Crippen LogP) is 4.36. The molecule has 1 atom stereocenters. The fourth-order valence-corrected chi connectivity index (χ4v) is 2.77. The van der Waals surface area contributed by atoms with Crippen molar-refractivity contribution in [1.29, 1.82) is 0 Å². The molecule has 2 rings (SSSR count). The summed E-state index contributed by atoms with van der Waals surface area (Å²) < 4.78 is 10.8. The van der Waals surface area contributed by atoms with Crippen LogP contribution < -0.4 is 4.74 Å². The van der Waals surface area contributed by atoms with Crippen molar-refractivity contribution in [2.45, 2.75) is 32.3 Å². The van der Waals surface area contributed by atoms with Crippen molar-refractivity contribution in [3.8, 4) is 5.88 Å². The highest BCUT2D eigenvalue weighted by Gasteiger charge is 2.27. The third kappa shape index (κ3) is 3.33. The molecule has 2 aromatic heterocycles. The minimum atomic E-state index is -0.101. The summed E-state index contributed by atoms with van der Waals surface area (Å²) in [6, 6.07) is 5.51. The molecule has 0 N–H and O–H groups in total. The summed E-state index contributed by atoms with van der Waals surface area (Å²) in [5.74, 6) is 1.18. The fourth-order valence-electron chi connectivity index (χ4n) is 1.75. The van der Waals surface area contributed by atoms with Gasteiger partial charge in [-0.05, 0) is 18.6 Å². The van der Waals surface area contributed by atoms with Gasteiger partial charge in [0, 0.05) is 22.4 Å². The van der Waals surface area contributed by atoms with Crippen LogP contribution in [0.15, 0.2) is 28.9 Å². The van der Waals surface area contributed by atoms with E-state index in [9.17, 15) is 0 Å². The van der Waals surface area contributed by atoms with E-state index in [1.165, 1.54) is 0 Å². The highest BCUT2D eigenvalue weighted by Crippen LogP contribution is 2.34. The van der Waals surface area contributed by atoms with Crippen LogP contribution in [0.2, 0.25) is 5.15 Å². The summed E-state index contributed by atoms with van der Waals surface area (Å²) in [7, 11) is 0. The summed E-state index contributed by atoms with van der Waals surface area (Å²) in [6.07, 6.45) is 2.54. The molecule has 20 heavy (non-hydrogen) atoms. The summed E-state index contributed by atoms with van der Waals surface area (Å²) in [5, 5.41) is 9.15. The fraction of sp³-hybridized carbons (Fsp3) is 0.429. The number of halogens is 2. The van der Waals surface area contributed by atoms with E-state index in [0.29, 0.717) is 17.6 Å². The number of nitrogens with zero attached hydrogens (tertiary/aromatic N) is 2. The number of alkyl halides is 1. The number of hydrogen-bond acceptors (Lipinski definition) is 4. The molecule has 2 heterocycles. The monoisotopic (exact) mass is 358 g/mol. The van der Waals surface area contributed by atoms with Crippen LogP contribution in [0.25, 0.3) is 0 Å². The summed E-state index contributed by atoms with van der Waals surface area (Å²) >= 11 is 9.70. The van der Waals surface area contributed by atoms with E-state index in [2.05, 4.69) is 40.0 Å². The first-order valence-electron chi connectivity index (χ1n) is 6.34. The van der Waals surface area contributed by atoms with Gasteiger partial charge < -0.3 is 9.15 Å². The molecule has 0 saturated carbocycles. The number of hydrogen-bond donors (Lipinski definition) is 0. The highest BCUT2D eigenvalue weighted by atomic mass is 79.9. The van der Waals surface area contributed by atoms with Gasteiger partial charge in [-0.3, -0.25) is 0 Å². The first-order valence-corrected chi connectivity index (χ1v) is 7.84. The molecule has 6 heteroatoms. The Hall–Kier alpha value is -1.07. The van der Waals surface area contributed by atoms with Gasteiger partial charge in [-0.15, -0.1) is 10.2 Å². The molecule has 0 bridgehead atoms. The Morgan fingerprint density at radius 2 is 2.25 bits per heavy atom. The molecule has 0 saturated heterocycles. The highest BCUT2D eigenvalue weighted by molar-refractivity contribution is 9.09. The van der Waals surface area contributed by atoms with Crippen molar-refractivity contribution in [2.75, 3.05) is 5.33 Å². The Morgan fingerprint density at radius 3 is 2.85 bits per heavy atom. The van der Waals surface area contributed by atoms with E-state index in [4.69, 9.17) is 20.8 Å². The lowest BCUT2D eigenvalue weighted by atomic mass is 9.83. The zero-order valence-corrected chi connectivity index (χ0v) is 13.7. The smallest absolute Gasteiger partial charge is 0.234 e. The minimum absolute atomic E-state index is 0.101. The van der Waals surface area contributed by atoms with Gasteiger partial charge in [0.1, 0.15) is 12.4 Å². The van der Waals surface area contributed by atoms with Crippen molar-refractivity contribution in [3.05, 3.63) is 40.9 Å². The molecule has 0 aliphatic heterocycles. The van der Waals surface area contributed by atoms with Gasteiger partial charge in [-0.25, -0.2) is 0 Å². The average Bonchev–Trinajstić information content (AvgIpc) is 2.99. The standard InChI is InChI=1S/C14H16BrClN2O2/c1-3-14(2,9-15)11-7-12(17-18-13(11)16)20-8-10-5-4-6-19-10/h4-7H,3,8-9H2,1-2H3. The topological polar surface area (TPSA) is 48.2 Å². The molecule has 2 aromatic rings. The molecular weight excluding hydrogens is 344 g/mol. The molecule has 1 unspecified atom stereocenters. The van der Waals surface area contributed by atoms with Crippen LogP contribution >= 0.6 is 27.5 Å². The van der Waals surface area contributed by atoms with Gasteiger partial charge in [-0.2, -0.15) is 0 Å².